The molecule has 0 amide bonds. The fourth-order valence-electron chi connectivity index (χ4n) is 2.79. The third-order valence-electron chi connectivity index (χ3n) is 4.18. The van der Waals surface area contributed by atoms with Crippen LogP contribution in [0.15, 0.2) is 73.1 Å². The van der Waals surface area contributed by atoms with Gasteiger partial charge in [0.05, 0.1) is 11.6 Å². The van der Waals surface area contributed by atoms with Crippen molar-refractivity contribution in [3.8, 4) is 40.0 Å². The van der Waals surface area contributed by atoms with Crippen LogP contribution in [-0.4, -0.2) is 19.9 Å². The Hall–Kier alpha value is -3.91. The summed E-state index contributed by atoms with van der Waals surface area (Å²) in [6.07, 6.45) is 3.56. The van der Waals surface area contributed by atoms with Crippen molar-refractivity contribution in [2.45, 2.75) is 6.92 Å². The Balaban J connectivity index is 1.69. The monoisotopic (exact) mass is 349 g/mol. The summed E-state index contributed by atoms with van der Waals surface area (Å²) >= 11 is 0. The van der Waals surface area contributed by atoms with Crippen molar-refractivity contribution < 1.29 is 0 Å². The Bertz CT molecular complexity index is 1110. The highest BCUT2D eigenvalue weighted by atomic mass is 15.0. The number of rotatable bonds is 3. The van der Waals surface area contributed by atoms with Crippen molar-refractivity contribution in [2.24, 2.45) is 0 Å². The van der Waals surface area contributed by atoms with E-state index < -0.39 is 0 Å². The first kappa shape index (κ1) is 16.6. The molecule has 2 heterocycles. The summed E-state index contributed by atoms with van der Waals surface area (Å²) in [4.78, 5) is 17.6. The molecule has 5 heteroatoms. The summed E-state index contributed by atoms with van der Waals surface area (Å²) in [5, 5.41) is 8.95. The molecule has 0 saturated carbocycles. The van der Waals surface area contributed by atoms with E-state index in [4.69, 9.17) is 5.26 Å². The van der Waals surface area contributed by atoms with Crippen LogP contribution in [0.4, 0.5) is 0 Å². The predicted octanol–water partition coefficient (Wildman–Crippen LogP) is 4.45. The molecule has 0 saturated heterocycles. The molecule has 4 aromatic rings. The second-order valence-corrected chi connectivity index (χ2v) is 6.03. The lowest BCUT2D eigenvalue weighted by Gasteiger charge is -2.07. The van der Waals surface area contributed by atoms with Gasteiger partial charge in [-0.1, -0.05) is 24.3 Å². The average molecular weight is 349 g/mol. The van der Waals surface area contributed by atoms with Gasteiger partial charge in [-0.15, -0.1) is 0 Å². The van der Waals surface area contributed by atoms with E-state index >= 15 is 0 Å². The summed E-state index contributed by atoms with van der Waals surface area (Å²) in [6.45, 7) is 1.85. The molecule has 0 aliphatic carbocycles. The van der Waals surface area contributed by atoms with Crippen LogP contribution in [0.25, 0.3) is 33.9 Å². The molecule has 0 aliphatic rings. The van der Waals surface area contributed by atoms with Crippen LogP contribution >= 0.6 is 0 Å². The Kier molecular flexibility index (Phi) is 4.38. The lowest BCUT2D eigenvalue weighted by molar-refractivity contribution is 0.992. The van der Waals surface area contributed by atoms with Gasteiger partial charge in [0, 0.05) is 23.5 Å². The largest absolute Gasteiger partial charge is 0.265 e. The van der Waals surface area contributed by atoms with Crippen LogP contribution in [-0.2, 0) is 0 Å². The molecule has 2 aromatic carbocycles. The van der Waals surface area contributed by atoms with Gasteiger partial charge in [0.1, 0.15) is 5.82 Å². The third-order valence-corrected chi connectivity index (χ3v) is 4.18. The van der Waals surface area contributed by atoms with Gasteiger partial charge in [0.2, 0.25) is 0 Å². The molecule has 2 aromatic heterocycles. The average Bonchev–Trinajstić information content (AvgIpc) is 2.74. The molecule has 0 atom stereocenters. The van der Waals surface area contributed by atoms with E-state index in [9.17, 15) is 0 Å². The number of aryl methyl sites for hydroxylation is 1. The van der Waals surface area contributed by atoms with Gasteiger partial charge in [-0.3, -0.25) is 4.98 Å². The maximum absolute atomic E-state index is 8.95. The maximum atomic E-state index is 8.95. The van der Waals surface area contributed by atoms with Crippen molar-refractivity contribution in [3.05, 3.63) is 84.4 Å². The predicted molar refractivity (Wildman–Crippen MR) is 103 cm³/mol. The lowest BCUT2D eigenvalue weighted by atomic mass is 10.0. The molecular weight excluding hydrogens is 334 g/mol. The highest BCUT2D eigenvalue weighted by Gasteiger charge is 2.09. The van der Waals surface area contributed by atoms with Gasteiger partial charge in [-0.2, -0.15) is 5.26 Å². The molecule has 0 unspecified atom stereocenters. The topological polar surface area (TPSA) is 75.3 Å². The Labute approximate surface area is 157 Å². The lowest BCUT2D eigenvalue weighted by Crippen LogP contribution is -1.99. The van der Waals surface area contributed by atoms with E-state index in [1.807, 2.05) is 55.5 Å². The summed E-state index contributed by atoms with van der Waals surface area (Å²) < 4.78 is 0. The van der Waals surface area contributed by atoms with Gasteiger partial charge >= 0.3 is 0 Å². The fourth-order valence-corrected chi connectivity index (χ4v) is 2.79. The third kappa shape index (κ3) is 3.55. The van der Waals surface area contributed by atoms with Gasteiger partial charge in [-0.25, -0.2) is 15.0 Å². The first-order valence-corrected chi connectivity index (χ1v) is 8.47. The van der Waals surface area contributed by atoms with Crippen LogP contribution in [0, 0.1) is 18.3 Å². The summed E-state index contributed by atoms with van der Waals surface area (Å²) in [5.41, 5.74) is 4.61. The number of nitrogens with zero attached hydrogens (tertiary/aromatic N) is 5. The quantitative estimate of drug-likeness (QED) is 0.546. The van der Waals surface area contributed by atoms with Crippen LogP contribution in [0.5, 0.6) is 0 Å². The van der Waals surface area contributed by atoms with E-state index in [0.29, 0.717) is 23.0 Å². The standard InChI is InChI=1S/C22H15N5/c1-15-25-21(19-4-2-16(14-23)3-5-19)27-22(26-15)20-8-6-17(7-9-20)18-10-12-24-13-11-18/h2-13H,1H3. The number of aromatic nitrogens is 4. The van der Waals surface area contributed by atoms with Crippen molar-refractivity contribution >= 4 is 0 Å². The van der Waals surface area contributed by atoms with E-state index in [1.165, 1.54) is 0 Å². The summed E-state index contributed by atoms with van der Waals surface area (Å²) in [7, 11) is 0. The maximum Gasteiger partial charge on any atom is 0.163 e. The number of hydrogen-bond donors (Lipinski definition) is 0. The normalized spacial score (nSPS) is 10.4. The minimum atomic E-state index is 0.597. The molecule has 128 valence electrons. The van der Waals surface area contributed by atoms with Gasteiger partial charge in [0.25, 0.3) is 0 Å². The Morgan fingerprint density at radius 1 is 0.630 bits per heavy atom. The minimum absolute atomic E-state index is 0.597. The van der Waals surface area contributed by atoms with Gasteiger partial charge < -0.3 is 0 Å². The smallest absolute Gasteiger partial charge is 0.163 e. The molecule has 0 bridgehead atoms. The first-order valence-electron chi connectivity index (χ1n) is 8.47. The molecule has 5 nitrogen and oxygen atoms in total. The fraction of sp³-hybridized carbons (Fsp3) is 0.0455. The summed E-state index contributed by atoms with van der Waals surface area (Å²) in [5.74, 6) is 1.88. The van der Waals surface area contributed by atoms with E-state index in [1.54, 1.807) is 24.5 Å². The molecule has 0 radical (unpaired) electrons. The second kappa shape index (κ2) is 7.14. The number of pyridine rings is 1. The zero-order chi connectivity index (χ0) is 18.6. The van der Waals surface area contributed by atoms with Crippen molar-refractivity contribution in [3.63, 3.8) is 0 Å². The van der Waals surface area contributed by atoms with Crippen molar-refractivity contribution in [1.29, 1.82) is 5.26 Å². The molecule has 0 spiro atoms. The van der Waals surface area contributed by atoms with Crippen molar-refractivity contribution in [2.75, 3.05) is 0 Å². The van der Waals surface area contributed by atoms with Crippen LogP contribution in [0.3, 0.4) is 0 Å². The van der Waals surface area contributed by atoms with Crippen LogP contribution in [0.1, 0.15) is 11.4 Å². The molecule has 4 rings (SSSR count). The molecular formula is C22H15N5. The minimum Gasteiger partial charge on any atom is -0.265 e. The Morgan fingerprint density at radius 3 is 1.67 bits per heavy atom. The number of nitriles is 1. The number of hydrogen-bond acceptors (Lipinski definition) is 5. The van der Waals surface area contributed by atoms with Crippen LogP contribution in [0.2, 0.25) is 0 Å². The zero-order valence-electron chi connectivity index (χ0n) is 14.7. The van der Waals surface area contributed by atoms with Crippen LogP contribution < -0.4 is 0 Å². The van der Waals surface area contributed by atoms with Gasteiger partial charge in [0.15, 0.2) is 11.6 Å². The Morgan fingerprint density at radius 2 is 1.11 bits per heavy atom. The molecule has 0 N–H and O–H groups in total. The first-order chi connectivity index (χ1) is 13.2. The van der Waals surface area contributed by atoms with E-state index in [0.717, 1.165) is 22.3 Å². The summed E-state index contributed by atoms with van der Waals surface area (Å²) in [6, 6.07) is 21.4. The van der Waals surface area contributed by atoms with Gasteiger partial charge in [-0.05, 0) is 54.4 Å². The van der Waals surface area contributed by atoms with Crippen molar-refractivity contribution in [1.82, 2.24) is 19.9 Å². The molecule has 0 fully saturated rings. The number of benzene rings is 2. The highest BCUT2D eigenvalue weighted by Crippen LogP contribution is 2.24. The molecule has 0 aliphatic heterocycles. The SMILES string of the molecule is Cc1nc(-c2ccc(C#N)cc2)nc(-c2ccc(-c3ccncc3)cc2)n1. The zero-order valence-corrected chi connectivity index (χ0v) is 14.7. The second-order valence-electron chi connectivity index (χ2n) is 6.03. The van der Waals surface area contributed by atoms with E-state index in [-0.39, 0.29) is 0 Å². The highest BCUT2D eigenvalue weighted by molar-refractivity contribution is 5.68. The molecule has 27 heavy (non-hydrogen) atoms. The van der Waals surface area contributed by atoms with E-state index in [2.05, 4.69) is 26.0 Å².